The van der Waals surface area contributed by atoms with Gasteiger partial charge in [-0.3, -0.25) is 0 Å². The van der Waals surface area contributed by atoms with E-state index >= 15 is 0 Å². The minimum absolute atomic E-state index is 0.290. The number of carbonyl (C=O) groups excluding carboxylic acids is 1. The third-order valence-corrected chi connectivity index (χ3v) is 2.17. The first kappa shape index (κ1) is 13.5. The van der Waals surface area contributed by atoms with Crippen LogP contribution in [0.3, 0.4) is 0 Å². The van der Waals surface area contributed by atoms with Crippen LogP contribution in [0.1, 0.15) is 18.4 Å². The molecule has 0 radical (unpaired) electrons. The van der Waals surface area contributed by atoms with Crippen LogP contribution in [0.25, 0.3) is 0 Å². The molecule has 0 heterocycles. The Morgan fingerprint density at radius 1 is 1.24 bits per heavy atom. The maximum absolute atomic E-state index is 11.3. The number of alkyl carbamates (subject to hydrolysis) is 1. The molecule has 5 nitrogen and oxygen atoms in total. The number of benzene rings is 1. The summed E-state index contributed by atoms with van der Waals surface area (Å²) in [5.41, 5.74) is 0.971. The quantitative estimate of drug-likeness (QED) is 0.558. The Labute approximate surface area is 101 Å². The fraction of sp³-hybridized carbons (Fsp3) is 0.417. The molecule has 0 atom stereocenters. The molecule has 1 aromatic rings. The molecule has 0 saturated carbocycles. The minimum atomic E-state index is -0.400. The Bertz CT molecular complexity index is 317. The molecule has 0 aliphatic rings. The van der Waals surface area contributed by atoms with E-state index in [0.29, 0.717) is 19.8 Å². The second kappa shape index (κ2) is 8.55. The highest BCUT2D eigenvalue weighted by molar-refractivity contribution is 5.67. The number of carbonyl (C=O) groups is 1. The summed E-state index contributed by atoms with van der Waals surface area (Å²) < 4.78 is 5.03. The second-order valence-corrected chi connectivity index (χ2v) is 3.57. The average molecular weight is 238 g/mol. The molecule has 0 saturated heterocycles. The highest BCUT2D eigenvalue weighted by Gasteiger charge is 2.01. The van der Waals surface area contributed by atoms with E-state index in [4.69, 9.17) is 10.6 Å². The van der Waals surface area contributed by atoms with Gasteiger partial charge in [-0.15, -0.1) is 0 Å². The summed E-state index contributed by atoms with van der Waals surface area (Å²) in [7, 11) is 0. The Hall–Kier alpha value is -1.59. The zero-order valence-corrected chi connectivity index (χ0v) is 9.72. The van der Waals surface area contributed by atoms with Gasteiger partial charge >= 0.3 is 6.09 Å². The SMILES string of the molecule is NOCCCCNC(=O)OCc1ccccc1. The van der Waals surface area contributed by atoms with Crippen molar-refractivity contribution in [2.45, 2.75) is 19.4 Å². The molecule has 3 N–H and O–H groups in total. The second-order valence-electron chi connectivity index (χ2n) is 3.57. The summed E-state index contributed by atoms with van der Waals surface area (Å²) in [4.78, 5) is 15.7. The molecular weight excluding hydrogens is 220 g/mol. The van der Waals surface area contributed by atoms with E-state index in [1.54, 1.807) is 0 Å². The van der Waals surface area contributed by atoms with Gasteiger partial charge in [0, 0.05) is 6.54 Å². The van der Waals surface area contributed by atoms with Crippen molar-refractivity contribution >= 4 is 6.09 Å². The normalized spacial score (nSPS) is 9.94. The Morgan fingerprint density at radius 2 is 2.00 bits per heavy atom. The first-order valence-corrected chi connectivity index (χ1v) is 5.59. The summed E-state index contributed by atoms with van der Waals surface area (Å²) in [6, 6.07) is 9.55. The first-order chi connectivity index (χ1) is 8.33. The van der Waals surface area contributed by atoms with Crippen LogP contribution < -0.4 is 11.2 Å². The van der Waals surface area contributed by atoms with Crippen molar-refractivity contribution < 1.29 is 14.4 Å². The van der Waals surface area contributed by atoms with E-state index in [1.807, 2.05) is 30.3 Å². The van der Waals surface area contributed by atoms with Gasteiger partial charge in [-0.05, 0) is 18.4 Å². The van der Waals surface area contributed by atoms with Gasteiger partial charge < -0.3 is 14.9 Å². The first-order valence-electron chi connectivity index (χ1n) is 5.59. The lowest BCUT2D eigenvalue weighted by molar-refractivity contribution is 0.130. The zero-order chi connectivity index (χ0) is 12.3. The van der Waals surface area contributed by atoms with Gasteiger partial charge in [0.05, 0.1) is 6.61 Å². The molecule has 1 rings (SSSR count). The predicted molar refractivity (Wildman–Crippen MR) is 64.0 cm³/mol. The lowest BCUT2D eigenvalue weighted by Gasteiger charge is -2.06. The molecule has 1 aromatic carbocycles. The molecule has 0 aliphatic carbocycles. The van der Waals surface area contributed by atoms with E-state index in [1.165, 1.54) is 0 Å². The molecule has 17 heavy (non-hydrogen) atoms. The van der Waals surface area contributed by atoms with Gasteiger partial charge in [0.2, 0.25) is 0 Å². The number of unbranched alkanes of at least 4 members (excludes halogenated alkanes) is 1. The Kier molecular flexibility index (Phi) is 6.78. The number of hydrogen-bond donors (Lipinski definition) is 2. The van der Waals surface area contributed by atoms with Crippen molar-refractivity contribution in [2.75, 3.05) is 13.2 Å². The fourth-order valence-corrected chi connectivity index (χ4v) is 1.27. The van der Waals surface area contributed by atoms with Crippen LogP contribution in [0.15, 0.2) is 30.3 Å². The molecule has 0 aliphatic heterocycles. The zero-order valence-electron chi connectivity index (χ0n) is 9.72. The Morgan fingerprint density at radius 3 is 2.71 bits per heavy atom. The van der Waals surface area contributed by atoms with Crippen molar-refractivity contribution in [3.05, 3.63) is 35.9 Å². The van der Waals surface area contributed by atoms with Crippen molar-refractivity contribution in [3.63, 3.8) is 0 Å². The number of hydrogen-bond acceptors (Lipinski definition) is 4. The van der Waals surface area contributed by atoms with E-state index in [2.05, 4.69) is 10.2 Å². The van der Waals surface area contributed by atoms with Crippen LogP contribution in [-0.2, 0) is 16.2 Å². The van der Waals surface area contributed by atoms with Crippen LogP contribution in [-0.4, -0.2) is 19.2 Å². The number of nitrogens with one attached hydrogen (secondary N) is 1. The largest absolute Gasteiger partial charge is 0.445 e. The Balaban J connectivity index is 2.05. The fourth-order valence-electron chi connectivity index (χ4n) is 1.27. The molecule has 0 fully saturated rings. The maximum atomic E-state index is 11.3. The molecule has 1 amide bonds. The third kappa shape index (κ3) is 6.55. The summed E-state index contributed by atoms with van der Waals surface area (Å²) in [5.74, 6) is 4.87. The van der Waals surface area contributed by atoms with Crippen LogP contribution in [0.2, 0.25) is 0 Å². The molecule has 0 spiro atoms. The molecule has 0 aromatic heterocycles. The summed E-state index contributed by atoms with van der Waals surface area (Å²) in [5, 5.41) is 2.65. The highest BCUT2D eigenvalue weighted by Crippen LogP contribution is 2.00. The smallest absolute Gasteiger partial charge is 0.407 e. The number of ether oxygens (including phenoxy) is 1. The third-order valence-electron chi connectivity index (χ3n) is 2.17. The van der Waals surface area contributed by atoms with Gasteiger partial charge in [0.1, 0.15) is 6.61 Å². The van der Waals surface area contributed by atoms with Crippen LogP contribution in [0.4, 0.5) is 4.79 Å². The molecule has 5 heteroatoms. The molecular formula is C12H18N2O3. The van der Waals surface area contributed by atoms with Gasteiger partial charge in [0.25, 0.3) is 0 Å². The topological polar surface area (TPSA) is 73.6 Å². The monoisotopic (exact) mass is 238 g/mol. The lowest BCUT2D eigenvalue weighted by Crippen LogP contribution is -2.25. The van der Waals surface area contributed by atoms with Crippen molar-refractivity contribution in [3.8, 4) is 0 Å². The van der Waals surface area contributed by atoms with Gasteiger partial charge in [-0.2, -0.15) is 0 Å². The van der Waals surface area contributed by atoms with Crippen LogP contribution in [0.5, 0.6) is 0 Å². The highest BCUT2D eigenvalue weighted by atomic mass is 16.6. The van der Waals surface area contributed by atoms with Crippen molar-refractivity contribution in [2.24, 2.45) is 5.90 Å². The van der Waals surface area contributed by atoms with E-state index in [9.17, 15) is 4.79 Å². The van der Waals surface area contributed by atoms with E-state index in [0.717, 1.165) is 18.4 Å². The predicted octanol–water partition coefficient (Wildman–Crippen LogP) is 1.58. The standard InChI is InChI=1S/C12H18N2O3/c13-17-9-5-4-8-14-12(15)16-10-11-6-2-1-3-7-11/h1-3,6-7H,4-5,8-10,13H2,(H,14,15). The van der Waals surface area contributed by atoms with Gasteiger partial charge in [-0.25, -0.2) is 10.7 Å². The van der Waals surface area contributed by atoms with Crippen molar-refractivity contribution in [1.29, 1.82) is 0 Å². The van der Waals surface area contributed by atoms with E-state index in [-0.39, 0.29) is 0 Å². The molecule has 0 bridgehead atoms. The van der Waals surface area contributed by atoms with Crippen molar-refractivity contribution in [1.82, 2.24) is 5.32 Å². The maximum Gasteiger partial charge on any atom is 0.407 e. The summed E-state index contributed by atoms with van der Waals surface area (Å²) >= 11 is 0. The molecule has 0 unspecified atom stereocenters. The number of nitrogens with two attached hydrogens (primary N) is 1. The number of amides is 1. The van der Waals surface area contributed by atoms with Gasteiger partial charge in [-0.1, -0.05) is 30.3 Å². The summed E-state index contributed by atoms with van der Waals surface area (Å²) in [6.07, 6.45) is 1.23. The van der Waals surface area contributed by atoms with Gasteiger partial charge in [0.15, 0.2) is 0 Å². The lowest BCUT2D eigenvalue weighted by atomic mass is 10.2. The minimum Gasteiger partial charge on any atom is -0.445 e. The van der Waals surface area contributed by atoms with E-state index < -0.39 is 6.09 Å². The summed E-state index contributed by atoms with van der Waals surface area (Å²) in [6.45, 7) is 1.36. The molecule has 94 valence electrons. The van der Waals surface area contributed by atoms with Crippen LogP contribution in [0, 0.1) is 0 Å². The number of rotatable bonds is 7. The average Bonchev–Trinajstić information content (AvgIpc) is 2.37. The van der Waals surface area contributed by atoms with Crippen LogP contribution >= 0.6 is 0 Å².